The van der Waals surface area contributed by atoms with Crippen LogP contribution in [0.3, 0.4) is 0 Å². The van der Waals surface area contributed by atoms with Gasteiger partial charge in [-0.05, 0) is 54.8 Å². The molecule has 0 bridgehead atoms. The molecule has 7 heteroatoms. The zero-order chi connectivity index (χ0) is 20.1. The Hall–Kier alpha value is -2.08. The second-order valence-corrected chi connectivity index (χ2v) is 8.46. The van der Waals surface area contributed by atoms with E-state index in [0.717, 1.165) is 27.3 Å². The van der Waals surface area contributed by atoms with Crippen LogP contribution in [0.1, 0.15) is 28.0 Å². The van der Waals surface area contributed by atoms with Crippen molar-refractivity contribution < 1.29 is 9.53 Å². The van der Waals surface area contributed by atoms with E-state index in [1.807, 2.05) is 38.1 Å². The van der Waals surface area contributed by atoms with Gasteiger partial charge >= 0.3 is 0 Å². The van der Waals surface area contributed by atoms with Gasteiger partial charge in [0.05, 0.1) is 23.1 Å². The summed E-state index contributed by atoms with van der Waals surface area (Å²) in [7, 11) is 0. The molecule has 0 atom stereocenters. The second kappa shape index (κ2) is 9.41. The number of rotatable bonds is 7. The number of aryl methyl sites for hydroxylation is 2. The minimum Gasteiger partial charge on any atom is -0.493 e. The lowest BCUT2D eigenvalue weighted by atomic mass is 10.1. The van der Waals surface area contributed by atoms with Crippen LogP contribution in [0.2, 0.25) is 10.0 Å². The number of thiazole rings is 1. The van der Waals surface area contributed by atoms with Crippen molar-refractivity contribution >= 4 is 45.6 Å². The van der Waals surface area contributed by atoms with Crippen LogP contribution < -0.4 is 10.1 Å². The first-order valence-corrected chi connectivity index (χ1v) is 10.4. The van der Waals surface area contributed by atoms with E-state index in [-0.39, 0.29) is 12.3 Å². The number of anilines is 1. The number of hydrogen-bond donors (Lipinski definition) is 1. The molecule has 0 aliphatic carbocycles. The molecule has 3 rings (SSSR count). The first-order chi connectivity index (χ1) is 13.4. The zero-order valence-corrected chi connectivity index (χ0v) is 17.9. The molecule has 0 unspecified atom stereocenters. The normalized spacial score (nSPS) is 10.7. The number of hydrogen-bond acceptors (Lipinski definition) is 4. The van der Waals surface area contributed by atoms with Crippen molar-refractivity contribution in [2.45, 2.75) is 26.7 Å². The number of ether oxygens (including phenoxy) is 1. The maximum atomic E-state index is 12.1. The molecule has 3 aromatic rings. The van der Waals surface area contributed by atoms with Crippen LogP contribution in [0.4, 0.5) is 5.13 Å². The van der Waals surface area contributed by atoms with Gasteiger partial charge in [0.25, 0.3) is 0 Å². The summed E-state index contributed by atoms with van der Waals surface area (Å²) in [6.07, 6.45) is 2.70. The number of carbonyl (C=O) groups excluding carboxylic acids is 1. The molecule has 0 saturated carbocycles. The highest BCUT2D eigenvalue weighted by Gasteiger charge is 2.09. The molecule has 146 valence electrons. The molecule has 1 N–H and O–H groups in total. The minimum absolute atomic E-state index is 0.125. The molecule has 1 heterocycles. The van der Waals surface area contributed by atoms with Gasteiger partial charge in [0.1, 0.15) is 5.75 Å². The molecular formula is C21H20Cl2N2O2S. The highest BCUT2D eigenvalue weighted by Crippen LogP contribution is 2.26. The summed E-state index contributed by atoms with van der Waals surface area (Å²) in [5, 5.41) is 4.46. The molecule has 0 spiro atoms. The molecule has 0 fully saturated rings. The number of nitrogens with zero attached hydrogens (tertiary/aromatic N) is 1. The first kappa shape index (κ1) is 20.6. The molecule has 28 heavy (non-hydrogen) atoms. The van der Waals surface area contributed by atoms with E-state index in [1.165, 1.54) is 11.3 Å². The van der Waals surface area contributed by atoms with Gasteiger partial charge in [-0.3, -0.25) is 4.79 Å². The average molecular weight is 435 g/mol. The standard InChI is InChI=1S/C21H20Cl2N2O2S/c1-13-7-14(2)9-16(8-13)27-6-5-20(26)25-21-24-12-17(28-21)10-15-3-4-18(22)19(23)11-15/h3-4,7-9,11-12H,5-6,10H2,1-2H3,(H,24,25,26). The lowest BCUT2D eigenvalue weighted by molar-refractivity contribution is -0.116. The third-order valence-electron chi connectivity index (χ3n) is 3.96. The quantitative estimate of drug-likeness (QED) is 0.491. The van der Waals surface area contributed by atoms with Crippen LogP contribution in [-0.4, -0.2) is 17.5 Å². The fraction of sp³-hybridized carbons (Fsp3) is 0.238. The smallest absolute Gasteiger partial charge is 0.229 e. The van der Waals surface area contributed by atoms with Crippen molar-refractivity contribution in [1.29, 1.82) is 0 Å². The van der Waals surface area contributed by atoms with Crippen LogP contribution in [0, 0.1) is 13.8 Å². The van der Waals surface area contributed by atoms with Crippen molar-refractivity contribution in [1.82, 2.24) is 4.98 Å². The largest absolute Gasteiger partial charge is 0.493 e. The third-order valence-corrected chi connectivity index (χ3v) is 5.61. The van der Waals surface area contributed by atoms with Gasteiger partial charge in [0.15, 0.2) is 5.13 Å². The third kappa shape index (κ3) is 5.96. The zero-order valence-electron chi connectivity index (χ0n) is 15.6. The summed E-state index contributed by atoms with van der Waals surface area (Å²) in [6, 6.07) is 11.5. The molecule has 2 aromatic carbocycles. The Bertz CT molecular complexity index is 968. The van der Waals surface area contributed by atoms with Crippen molar-refractivity contribution in [2.75, 3.05) is 11.9 Å². The monoisotopic (exact) mass is 434 g/mol. The number of halogens is 2. The van der Waals surface area contributed by atoms with Crippen molar-refractivity contribution in [3.05, 3.63) is 74.2 Å². The summed E-state index contributed by atoms with van der Waals surface area (Å²) >= 11 is 13.4. The SMILES string of the molecule is Cc1cc(C)cc(OCCC(=O)Nc2ncc(Cc3ccc(Cl)c(Cl)c3)s2)c1. The molecule has 0 aliphatic rings. The molecule has 1 aromatic heterocycles. The number of benzene rings is 2. The van der Waals surface area contributed by atoms with Crippen LogP contribution in [0.5, 0.6) is 5.75 Å². The maximum Gasteiger partial charge on any atom is 0.229 e. The van der Waals surface area contributed by atoms with Crippen molar-refractivity contribution in [3.63, 3.8) is 0 Å². The lowest BCUT2D eigenvalue weighted by Gasteiger charge is -2.08. The van der Waals surface area contributed by atoms with Gasteiger partial charge in [-0.25, -0.2) is 4.98 Å². The van der Waals surface area contributed by atoms with E-state index in [9.17, 15) is 4.79 Å². The van der Waals surface area contributed by atoms with Gasteiger partial charge in [-0.1, -0.05) is 35.3 Å². The van der Waals surface area contributed by atoms with Gasteiger partial charge in [0.2, 0.25) is 5.91 Å². The van der Waals surface area contributed by atoms with E-state index in [1.54, 1.807) is 12.3 Å². The number of amides is 1. The Labute approximate surface area is 178 Å². The first-order valence-electron chi connectivity index (χ1n) is 8.78. The predicted octanol–water partition coefficient (Wildman–Crippen LogP) is 6.07. The average Bonchev–Trinajstić information content (AvgIpc) is 3.04. The predicted molar refractivity (Wildman–Crippen MR) is 116 cm³/mol. The molecule has 4 nitrogen and oxygen atoms in total. The molecule has 0 radical (unpaired) electrons. The van der Waals surface area contributed by atoms with Crippen LogP contribution in [0.25, 0.3) is 0 Å². The minimum atomic E-state index is -0.125. The Balaban J connectivity index is 1.48. The van der Waals surface area contributed by atoms with Gasteiger partial charge in [0, 0.05) is 17.5 Å². The fourth-order valence-corrected chi connectivity index (χ4v) is 3.94. The van der Waals surface area contributed by atoms with E-state index < -0.39 is 0 Å². The Morgan fingerprint density at radius 3 is 2.57 bits per heavy atom. The number of nitrogens with one attached hydrogen (secondary N) is 1. The van der Waals surface area contributed by atoms with Crippen molar-refractivity contribution in [2.24, 2.45) is 0 Å². The summed E-state index contributed by atoms with van der Waals surface area (Å²) in [6.45, 7) is 4.35. The van der Waals surface area contributed by atoms with Gasteiger partial charge < -0.3 is 10.1 Å². The van der Waals surface area contributed by atoms with Crippen LogP contribution >= 0.6 is 34.5 Å². The maximum absolute atomic E-state index is 12.1. The van der Waals surface area contributed by atoms with E-state index in [4.69, 9.17) is 27.9 Å². The lowest BCUT2D eigenvalue weighted by Crippen LogP contribution is -2.15. The van der Waals surface area contributed by atoms with Crippen molar-refractivity contribution in [3.8, 4) is 5.75 Å². The summed E-state index contributed by atoms with van der Waals surface area (Å²) < 4.78 is 5.68. The summed E-state index contributed by atoms with van der Waals surface area (Å²) in [4.78, 5) is 17.4. The van der Waals surface area contributed by atoms with E-state index in [0.29, 0.717) is 28.2 Å². The highest BCUT2D eigenvalue weighted by atomic mass is 35.5. The Kier molecular flexibility index (Phi) is 6.94. The number of carbonyl (C=O) groups is 1. The number of aromatic nitrogens is 1. The highest BCUT2D eigenvalue weighted by molar-refractivity contribution is 7.15. The van der Waals surface area contributed by atoms with Gasteiger partial charge in [-0.15, -0.1) is 11.3 Å². The molecule has 1 amide bonds. The van der Waals surface area contributed by atoms with E-state index >= 15 is 0 Å². The Morgan fingerprint density at radius 1 is 1.11 bits per heavy atom. The Morgan fingerprint density at radius 2 is 1.86 bits per heavy atom. The summed E-state index contributed by atoms with van der Waals surface area (Å²) in [5.41, 5.74) is 3.31. The molecule has 0 saturated heterocycles. The second-order valence-electron chi connectivity index (χ2n) is 6.53. The van der Waals surface area contributed by atoms with Crippen LogP contribution in [-0.2, 0) is 11.2 Å². The van der Waals surface area contributed by atoms with Crippen LogP contribution in [0.15, 0.2) is 42.6 Å². The molecular weight excluding hydrogens is 415 g/mol. The summed E-state index contributed by atoms with van der Waals surface area (Å²) in [5.74, 6) is 0.656. The van der Waals surface area contributed by atoms with Gasteiger partial charge in [-0.2, -0.15) is 0 Å². The topological polar surface area (TPSA) is 51.2 Å². The van der Waals surface area contributed by atoms with E-state index in [2.05, 4.69) is 16.4 Å². The fourth-order valence-electron chi connectivity index (χ4n) is 2.76. The molecule has 0 aliphatic heterocycles.